The summed E-state index contributed by atoms with van der Waals surface area (Å²) in [4.78, 5) is 40.1. The molecular weight excluding hydrogens is 374 g/mol. The van der Waals surface area contributed by atoms with Crippen molar-refractivity contribution < 1.29 is 23.5 Å². The minimum Gasteiger partial charge on any atom is -0.482 e. The second-order valence-electron chi connectivity index (χ2n) is 7.38. The van der Waals surface area contributed by atoms with Crippen LogP contribution in [0.4, 0.5) is 5.69 Å². The van der Waals surface area contributed by atoms with Crippen LogP contribution in [0.15, 0.2) is 41.2 Å². The van der Waals surface area contributed by atoms with Crippen LogP contribution >= 0.6 is 0 Å². The fourth-order valence-electron chi connectivity index (χ4n) is 3.66. The zero-order chi connectivity index (χ0) is 20.4. The van der Waals surface area contributed by atoms with E-state index in [4.69, 9.17) is 9.15 Å². The van der Waals surface area contributed by atoms with Gasteiger partial charge in [0, 0.05) is 32.2 Å². The molecular formula is C21H23N3O5. The molecule has 0 atom stereocenters. The van der Waals surface area contributed by atoms with Gasteiger partial charge in [-0.2, -0.15) is 0 Å². The Balaban J connectivity index is 1.32. The van der Waals surface area contributed by atoms with Crippen molar-refractivity contribution in [3.63, 3.8) is 0 Å². The summed E-state index contributed by atoms with van der Waals surface area (Å²) in [6.07, 6.45) is 4.54. The van der Waals surface area contributed by atoms with Gasteiger partial charge in [0.1, 0.15) is 12.0 Å². The van der Waals surface area contributed by atoms with Gasteiger partial charge in [-0.1, -0.05) is 0 Å². The monoisotopic (exact) mass is 397 g/mol. The lowest BCUT2D eigenvalue weighted by molar-refractivity contribution is -0.121. The third-order valence-corrected chi connectivity index (χ3v) is 5.53. The van der Waals surface area contributed by atoms with Crippen LogP contribution in [0.3, 0.4) is 0 Å². The standard InChI is InChI=1S/C21H23N3O5/c1-23-17-10-15(2-3-18(17)29-13-19(23)25)21(27)24-7-4-14(5-8-24)11-22-20(26)16-6-9-28-12-16/h2-3,6,9-10,12,14H,4-5,7-8,11,13H2,1H3,(H,22,26). The third-order valence-electron chi connectivity index (χ3n) is 5.53. The van der Waals surface area contributed by atoms with E-state index in [-0.39, 0.29) is 24.3 Å². The quantitative estimate of drug-likeness (QED) is 0.851. The molecule has 0 radical (unpaired) electrons. The minimum atomic E-state index is -0.146. The largest absolute Gasteiger partial charge is 0.482 e. The Morgan fingerprint density at radius 1 is 1.17 bits per heavy atom. The van der Waals surface area contributed by atoms with Crippen LogP contribution in [0, 0.1) is 5.92 Å². The lowest BCUT2D eigenvalue weighted by Crippen LogP contribution is -2.41. The Hall–Kier alpha value is -3.29. The van der Waals surface area contributed by atoms with E-state index in [1.807, 2.05) is 4.90 Å². The van der Waals surface area contributed by atoms with Gasteiger partial charge in [-0.05, 0) is 43.0 Å². The van der Waals surface area contributed by atoms with Crippen molar-refractivity contribution in [1.82, 2.24) is 10.2 Å². The number of furan rings is 1. The van der Waals surface area contributed by atoms with Crippen LogP contribution in [0.25, 0.3) is 0 Å². The molecule has 1 saturated heterocycles. The molecule has 0 saturated carbocycles. The molecule has 152 valence electrons. The average molecular weight is 397 g/mol. The molecule has 3 amide bonds. The molecule has 1 aromatic carbocycles. The first-order valence-corrected chi connectivity index (χ1v) is 9.66. The minimum absolute atomic E-state index is 0.0153. The zero-order valence-corrected chi connectivity index (χ0v) is 16.2. The van der Waals surface area contributed by atoms with Crippen LogP contribution in [0.2, 0.25) is 0 Å². The van der Waals surface area contributed by atoms with Gasteiger partial charge in [-0.15, -0.1) is 0 Å². The van der Waals surface area contributed by atoms with Gasteiger partial charge in [0.05, 0.1) is 17.5 Å². The van der Waals surface area contributed by atoms with Crippen molar-refractivity contribution in [2.75, 3.05) is 38.2 Å². The highest BCUT2D eigenvalue weighted by Gasteiger charge is 2.27. The first kappa shape index (κ1) is 19.0. The van der Waals surface area contributed by atoms with Crippen molar-refractivity contribution in [3.05, 3.63) is 47.9 Å². The summed E-state index contributed by atoms with van der Waals surface area (Å²) in [5, 5.41) is 2.92. The molecule has 8 heteroatoms. The van der Waals surface area contributed by atoms with E-state index in [2.05, 4.69) is 5.32 Å². The highest BCUT2D eigenvalue weighted by Crippen LogP contribution is 2.32. The van der Waals surface area contributed by atoms with Crippen molar-refractivity contribution in [2.45, 2.75) is 12.8 Å². The summed E-state index contributed by atoms with van der Waals surface area (Å²) in [5.41, 5.74) is 1.67. The number of piperidine rings is 1. The first-order valence-electron chi connectivity index (χ1n) is 9.66. The predicted octanol–water partition coefficient (Wildman–Crippen LogP) is 1.92. The zero-order valence-electron chi connectivity index (χ0n) is 16.2. The van der Waals surface area contributed by atoms with Gasteiger partial charge >= 0.3 is 0 Å². The molecule has 0 bridgehead atoms. The van der Waals surface area contributed by atoms with Gasteiger partial charge in [0.25, 0.3) is 17.7 Å². The van der Waals surface area contributed by atoms with Crippen molar-refractivity contribution in [2.24, 2.45) is 5.92 Å². The fourth-order valence-corrected chi connectivity index (χ4v) is 3.66. The maximum atomic E-state index is 12.9. The maximum Gasteiger partial charge on any atom is 0.264 e. The molecule has 0 unspecified atom stereocenters. The van der Waals surface area contributed by atoms with Crippen molar-refractivity contribution in [3.8, 4) is 5.75 Å². The fraction of sp³-hybridized carbons (Fsp3) is 0.381. The number of carbonyl (C=O) groups is 3. The number of anilines is 1. The second-order valence-corrected chi connectivity index (χ2v) is 7.38. The van der Waals surface area contributed by atoms with E-state index in [9.17, 15) is 14.4 Å². The normalized spacial score (nSPS) is 16.9. The SMILES string of the molecule is CN1C(=O)COc2ccc(C(=O)N3CCC(CNC(=O)c4ccoc4)CC3)cc21. The lowest BCUT2D eigenvalue weighted by atomic mass is 9.96. The summed E-state index contributed by atoms with van der Waals surface area (Å²) in [6, 6.07) is 6.82. The Kier molecular flexibility index (Phi) is 5.24. The molecule has 2 aromatic rings. The highest BCUT2D eigenvalue weighted by atomic mass is 16.5. The van der Waals surface area contributed by atoms with E-state index < -0.39 is 0 Å². The van der Waals surface area contributed by atoms with Gasteiger partial charge in [-0.3, -0.25) is 14.4 Å². The Labute approximate surface area is 168 Å². The van der Waals surface area contributed by atoms with Gasteiger partial charge in [0.15, 0.2) is 6.61 Å². The second kappa shape index (κ2) is 7.98. The molecule has 29 heavy (non-hydrogen) atoms. The number of nitrogens with zero attached hydrogens (tertiary/aromatic N) is 2. The van der Waals surface area contributed by atoms with E-state index in [0.717, 1.165) is 12.8 Å². The molecule has 0 spiro atoms. The summed E-state index contributed by atoms with van der Waals surface area (Å²) in [6.45, 7) is 1.86. The highest BCUT2D eigenvalue weighted by molar-refractivity contribution is 6.01. The van der Waals surface area contributed by atoms with Gasteiger partial charge in [0.2, 0.25) is 0 Å². The number of ether oxygens (including phenoxy) is 1. The summed E-state index contributed by atoms with van der Waals surface area (Å²) in [7, 11) is 1.68. The van der Waals surface area contributed by atoms with E-state index in [1.165, 1.54) is 17.4 Å². The molecule has 8 nitrogen and oxygen atoms in total. The smallest absolute Gasteiger partial charge is 0.264 e. The number of likely N-dealkylation sites (tertiary alicyclic amines) is 1. The molecule has 1 fully saturated rings. The number of rotatable bonds is 4. The number of nitrogens with one attached hydrogen (secondary N) is 1. The summed E-state index contributed by atoms with van der Waals surface area (Å²) >= 11 is 0. The molecule has 1 aromatic heterocycles. The predicted molar refractivity (Wildman–Crippen MR) is 105 cm³/mol. The van der Waals surface area contributed by atoms with Gasteiger partial charge < -0.3 is 24.3 Å². The molecule has 0 aliphatic carbocycles. The average Bonchev–Trinajstić information content (AvgIpc) is 3.29. The molecule has 2 aliphatic rings. The number of hydrogen-bond acceptors (Lipinski definition) is 5. The molecule has 2 aliphatic heterocycles. The molecule has 3 heterocycles. The third kappa shape index (κ3) is 3.96. The summed E-state index contributed by atoms with van der Waals surface area (Å²) < 4.78 is 10.3. The van der Waals surface area contributed by atoms with Crippen LogP contribution in [0.5, 0.6) is 5.75 Å². The van der Waals surface area contributed by atoms with Crippen molar-refractivity contribution >= 4 is 23.4 Å². The van der Waals surface area contributed by atoms with Crippen LogP contribution in [-0.4, -0.2) is 55.9 Å². The Morgan fingerprint density at radius 3 is 2.69 bits per heavy atom. The van der Waals surface area contributed by atoms with E-state index >= 15 is 0 Å². The van der Waals surface area contributed by atoms with Gasteiger partial charge in [-0.25, -0.2) is 0 Å². The Morgan fingerprint density at radius 2 is 1.97 bits per heavy atom. The number of benzene rings is 1. The van der Waals surface area contributed by atoms with Crippen LogP contribution in [0.1, 0.15) is 33.6 Å². The number of carbonyl (C=O) groups excluding carboxylic acids is 3. The number of fused-ring (bicyclic) bond motifs is 1. The number of likely N-dealkylation sites (N-methyl/N-ethyl adjacent to an activating group) is 1. The number of hydrogen-bond donors (Lipinski definition) is 1. The summed E-state index contributed by atoms with van der Waals surface area (Å²) in [5.74, 6) is 0.596. The lowest BCUT2D eigenvalue weighted by Gasteiger charge is -2.32. The number of amides is 3. The Bertz CT molecular complexity index is 916. The molecule has 1 N–H and O–H groups in total. The topological polar surface area (TPSA) is 92.1 Å². The van der Waals surface area contributed by atoms with Crippen molar-refractivity contribution in [1.29, 1.82) is 0 Å². The molecule has 4 rings (SSSR count). The first-order chi connectivity index (χ1) is 14.0. The van der Waals surface area contributed by atoms with E-state index in [1.54, 1.807) is 31.3 Å². The van der Waals surface area contributed by atoms with Crippen LogP contribution in [-0.2, 0) is 4.79 Å². The van der Waals surface area contributed by atoms with Crippen LogP contribution < -0.4 is 15.0 Å². The maximum absolute atomic E-state index is 12.9. The van der Waals surface area contributed by atoms with E-state index in [0.29, 0.717) is 48.1 Å².